The number of rotatable bonds is 2. The summed E-state index contributed by atoms with van der Waals surface area (Å²) in [5.41, 5.74) is 1.78. The molecule has 0 N–H and O–H groups in total. The minimum Gasteiger partial charge on any atom is -0.341 e. The Balaban J connectivity index is 2.00. The molecule has 4 nitrogen and oxygen atoms in total. The van der Waals surface area contributed by atoms with E-state index in [4.69, 9.17) is 11.6 Å². The predicted molar refractivity (Wildman–Crippen MR) is 71.7 cm³/mol. The van der Waals surface area contributed by atoms with Gasteiger partial charge in [-0.1, -0.05) is 11.6 Å². The molecule has 3 rings (SSSR count). The van der Waals surface area contributed by atoms with Gasteiger partial charge >= 0.3 is 0 Å². The lowest BCUT2D eigenvalue weighted by Gasteiger charge is -2.15. The zero-order chi connectivity index (χ0) is 12.4. The maximum Gasteiger partial charge on any atom is 0.227 e. The van der Waals surface area contributed by atoms with Gasteiger partial charge in [0.1, 0.15) is 5.15 Å². The Labute approximate surface area is 111 Å². The summed E-state index contributed by atoms with van der Waals surface area (Å²) >= 11 is 6.08. The van der Waals surface area contributed by atoms with Crippen molar-refractivity contribution in [3.8, 4) is 11.3 Å². The summed E-state index contributed by atoms with van der Waals surface area (Å²) in [6.45, 7) is 2.01. The molecule has 0 bridgehead atoms. The van der Waals surface area contributed by atoms with Gasteiger partial charge in [0, 0.05) is 37.1 Å². The molecule has 1 aliphatic heterocycles. The van der Waals surface area contributed by atoms with E-state index < -0.39 is 0 Å². The second-order valence-corrected chi connectivity index (χ2v) is 4.70. The van der Waals surface area contributed by atoms with E-state index in [0.29, 0.717) is 5.15 Å². The van der Waals surface area contributed by atoms with Crippen molar-refractivity contribution in [2.45, 2.75) is 12.8 Å². The lowest BCUT2D eigenvalue weighted by atomic mass is 10.2. The van der Waals surface area contributed by atoms with Gasteiger partial charge in [0.15, 0.2) is 0 Å². The molecular weight excluding hydrogens is 248 g/mol. The third kappa shape index (κ3) is 2.29. The summed E-state index contributed by atoms with van der Waals surface area (Å²) in [5, 5.41) is 0.478. The Morgan fingerprint density at radius 1 is 1.17 bits per heavy atom. The fourth-order valence-electron chi connectivity index (χ4n) is 2.13. The van der Waals surface area contributed by atoms with Gasteiger partial charge in [-0.2, -0.15) is 0 Å². The molecular formula is C13H13ClN4. The average Bonchev–Trinajstić information content (AvgIpc) is 2.93. The number of halogens is 1. The fourth-order valence-corrected chi connectivity index (χ4v) is 2.31. The van der Waals surface area contributed by atoms with Crippen molar-refractivity contribution < 1.29 is 0 Å². The van der Waals surface area contributed by atoms with E-state index >= 15 is 0 Å². The van der Waals surface area contributed by atoms with Crippen LogP contribution in [0.15, 0.2) is 30.6 Å². The van der Waals surface area contributed by atoms with E-state index in [2.05, 4.69) is 19.9 Å². The number of hydrogen-bond acceptors (Lipinski definition) is 4. The van der Waals surface area contributed by atoms with Crippen LogP contribution >= 0.6 is 11.6 Å². The maximum atomic E-state index is 6.08. The molecule has 0 spiro atoms. The summed E-state index contributed by atoms with van der Waals surface area (Å²) < 4.78 is 0. The van der Waals surface area contributed by atoms with Gasteiger partial charge in [-0.3, -0.25) is 4.98 Å². The smallest absolute Gasteiger partial charge is 0.227 e. The summed E-state index contributed by atoms with van der Waals surface area (Å²) in [6, 6.07) is 5.64. The van der Waals surface area contributed by atoms with E-state index in [-0.39, 0.29) is 0 Å². The van der Waals surface area contributed by atoms with Gasteiger partial charge in [0.25, 0.3) is 0 Å². The number of aromatic nitrogens is 3. The Morgan fingerprint density at radius 3 is 2.72 bits per heavy atom. The van der Waals surface area contributed by atoms with Crippen molar-refractivity contribution in [3.63, 3.8) is 0 Å². The van der Waals surface area contributed by atoms with Crippen LogP contribution in [-0.2, 0) is 0 Å². The van der Waals surface area contributed by atoms with Crippen LogP contribution in [0.4, 0.5) is 5.95 Å². The van der Waals surface area contributed by atoms with Crippen LogP contribution in [-0.4, -0.2) is 28.0 Å². The fraction of sp³-hybridized carbons (Fsp3) is 0.308. The van der Waals surface area contributed by atoms with Crippen LogP contribution in [0.1, 0.15) is 12.8 Å². The monoisotopic (exact) mass is 260 g/mol. The number of anilines is 1. The molecule has 0 unspecified atom stereocenters. The molecule has 0 aromatic carbocycles. The molecule has 3 heterocycles. The van der Waals surface area contributed by atoms with Gasteiger partial charge in [0.2, 0.25) is 5.95 Å². The van der Waals surface area contributed by atoms with Crippen molar-refractivity contribution >= 4 is 17.5 Å². The number of nitrogens with zero attached hydrogens (tertiary/aromatic N) is 4. The average molecular weight is 261 g/mol. The molecule has 2 aromatic rings. The Kier molecular flexibility index (Phi) is 3.11. The molecule has 1 aliphatic rings. The SMILES string of the molecule is Clc1cc(-c2cccnc2)nc(N2CCCC2)n1. The molecule has 2 aromatic heterocycles. The second kappa shape index (κ2) is 4.90. The van der Waals surface area contributed by atoms with Gasteiger partial charge in [-0.25, -0.2) is 9.97 Å². The van der Waals surface area contributed by atoms with Gasteiger partial charge in [0.05, 0.1) is 5.69 Å². The summed E-state index contributed by atoms with van der Waals surface area (Å²) in [7, 11) is 0. The van der Waals surface area contributed by atoms with Crippen LogP contribution in [0.2, 0.25) is 5.15 Å². The molecule has 92 valence electrons. The van der Waals surface area contributed by atoms with Crippen LogP contribution in [0.5, 0.6) is 0 Å². The normalized spacial score (nSPS) is 15.1. The molecule has 0 atom stereocenters. The molecule has 1 fully saturated rings. The van der Waals surface area contributed by atoms with Crippen molar-refractivity contribution in [3.05, 3.63) is 35.7 Å². The van der Waals surface area contributed by atoms with E-state index in [1.165, 1.54) is 12.8 Å². The molecule has 1 saturated heterocycles. The van der Waals surface area contributed by atoms with Crippen LogP contribution < -0.4 is 4.90 Å². The Bertz CT molecular complexity index is 538. The van der Waals surface area contributed by atoms with Crippen molar-refractivity contribution in [2.75, 3.05) is 18.0 Å². The van der Waals surface area contributed by atoms with Crippen molar-refractivity contribution in [2.24, 2.45) is 0 Å². The molecule has 18 heavy (non-hydrogen) atoms. The largest absolute Gasteiger partial charge is 0.341 e. The first-order chi connectivity index (χ1) is 8.83. The van der Waals surface area contributed by atoms with E-state index in [1.54, 1.807) is 18.5 Å². The maximum absolute atomic E-state index is 6.08. The van der Waals surface area contributed by atoms with E-state index in [0.717, 1.165) is 30.3 Å². The van der Waals surface area contributed by atoms with Crippen molar-refractivity contribution in [1.29, 1.82) is 0 Å². The van der Waals surface area contributed by atoms with Crippen molar-refractivity contribution in [1.82, 2.24) is 15.0 Å². The quantitative estimate of drug-likeness (QED) is 0.779. The zero-order valence-electron chi connectivity index (χ0n) is 9.88. The van der Waals surface area contributed by atoms with Gasteiger partial charge in [-0.05, 0) is 25.0 Å². The first kappa shape index (κ1) is 11.4. The number of hydrogen-bond donors (Lipinski definition) is 0. The standard InChI is InChI=1S/C13H13ClN4/c14-12-8-11(10-4-3-5-15-9-10)16-13(17-12)18-6-1-2-7-18/h3-5,8-9H,1-2,6-7H2. The van der Waals surface area contributed by atoms with Gasteiger partial charge in [-0.15, -0.1) is 0 Å². The molecule has 0 saturated carbocycles. The second-order valence-electron chi connectivity index (χ2n) is 4.31. The summed E-state index contributed by atoms with van der Waals surface area (Å²) in [5.74, 6) is 0.721. The summed E-state index contributed by atoms with van der Waals surface area (Å²) in [4.78, 5) is 15.2. The highest BCUT2D eigenvalue weighted by atomic mass is 35.5. The van der Waals surface area contributed by atoms with Crippen LogP contribution in [0, 0.1) is 0 Å². The molecule has 0 amide bonds. The third-order valence-corrected chi connectivity index (χ3v) is 3.22. The topological polar surface area (TPSA) is 41.9 Å². The van der Waals surface area contributed by atoms with E-state index in [1.807, 2.05) is 12.1 Å². The molecule has 5 heteroatoms. The Morgan fingerprint density at radius 2 is 2.00 bits per heavy atom. The third-order valence-electron chi connectivity index (χ3n) is 3.03. The Hall–Kier alpha value is -1.68. The highest BCUT2D eigenvalue weighted by molar-refractivity contribution is 6.29. The molecule has 0 radical (unpaired) electrons. The lowest BCUT2D eigenvalue weighted by molar-refractivity contribution is 0.900. The minimum atomic E-state index is 0.478. The molecule has 0 aliphatic carbocycles. The highest BCUT2D eigenvalue weighted by Crippen LogP contribution is 2.24. The highest BCUT2D eigenvalue weighted by Gasteiger charge is 2.16. The first-order valence-electron chi connectivity index (χ1n) is 6.03. The predicted octanol–water partition coefficient (Wildman–Crippen LogP) is 2.79. The van der Waals surface area contributed by atoms with Crippen LogP contribution in [0.3, 0.4) is 0 Å². The first-order valence-corrected chi connectivity index (χ1v) is 6.41. The summed E-state index contributed by atoms with van der Waals surface area (Å²) in [6.07, 6.45) is 5.91. The zero-order valence-corrected chi connectivity index (χ0v) is 10.6. The van der Waals surface area contributed by atoms with E-state index in [9.17, 15) is 0 Å². The van der Waals surface area contributed by atoms with Crippen LogP contribution in [0.25, 0.3) is 11.3 Å². The lowest BCUT2D eigenvalue weighted by Crippen LogP contribution is -2.20. The van der Waals surface area contributed by atoms with Gasteiger partial charge < -0.3 is 4.90 Å². The number of pyridine rings is 1. The minimum absolute atomic E-state index is 0.478.